The predicted octanol–water partition coefficient (Wildman–Crippen LogP) is 1.75. The van der Waals surface area contributed by atoms with E-state index in [4.69, 9.17) is 0 Å². The maximum Gasteiger partial charge on any atom is 0.0419 e. The van der Waals surface area contributed by atoms with E-state index in [9.17, 15) is 0 Å². The van der Waals surface area contributed by atoms with Gasteiger partial charge in [-0.2, -0.15) is 0 Å². The molecule has 0 aromatic carbocycles. The number of hydrogen-bond donors (Lipinski definition) is 0. The molecule has 0 amide bonds. The van der Waals surface area contributed by atoms with Crippen molar-refractivity contribution in [1.82, 2.24) is 9.88 Å². The smallest absolute Gasteiger partial charge is 0.0419 e. The molecule has 72 valence electrons. The Bertz CT molecular complexity index is 256. The SMILES string of the molecule is CCc1ccnc(CCN(C)C)c1. The van der Waals surface area contributed by atoms with Gasteiger partial charge in [0, 0.05) is 24.9 Å². The summed E-state index contributed by atoms with van der Waals surface area (Å²) in [5.74, 6) is 0. The number of pyridine rings is 1. The van der Waals surface area contributed by atoms with Crippen molar-refractivity contribution < 1.29 is 0 Å². The molecule has 0 aliphatic carbocycles. The molecule has 0 unspecified atom stereocenters. The van der Waals surface area contributed by atoms with Crippen LogP contribution in [0, 0.1) is 0 Å². The summed E-state index contributed by atoms with van der Waals surface area (Å²) in [6.07, 6.45) is 4.04. The molecule has 13 heavy (non-hydrogen) atoms. The van der Waals surface area contributed by atoms with Crippen LogP contribution in [-0.2, 0) is 12.8 Å². The predicted molar refractivity (Wildman–Crippen MR) is 55.9 cm³/mol. The minimum Gasteiger partial charge on any atom is -0.309 e. The van der Waals surface area contributed by atoms with Gasteiger partial charge >= 0.3 is 0 Å². The van der Waals surface area contributed by atoms with E-state index in [1.54, 1.807) is 0 Å². The van der Waals surface area contributed by atoms with Crippen molar-refractivity contribution in [2.75, 3.05) is 20.6 Å². The van der Waals surface area contributed by atoms with E-state index in [1.165, 1.54) is 11.3 Å². The maximum atomic E-state index is 4.33. The van der Waals surface area contributed by atoms with Gasteiger partial charge in [-0.05, 0) is 38.2 Å². The van der Waals surface area contributed by atoms with Crippen LogP contribution in [-0.4, -0.2) is 30.5 Å². The molecule has 0 saturated heterocycles. The van der Waals surface area contributed by atoms with Crippen LogP contribution in [0.15, 0.2) is 18.3 Å². The Hall–Kier alpha value is -0.890. The first-order valence-electron chi connectivity index (χ1n) is 4.81. The van der Waals surface area contributed by atoms with E-state index >= 15 is 0 Å². The largest absolute Gasteiger partial charge is 0.309 e. The van der Waals surface area contributed by atoms with Crippen LogP contribution in [0.4, 0.5) is 0 Å². The first-order valence-corrected chi connectivity index (χ1v) is 4.81. The lowest BCUT2D eigenvalue weighted by molar-refractivity contribution is 0.411. The number of rotatable bonds is 4. The van der Waals surface area contributed by atoms with Crippen molar-refractivity contribution >= 4 is 0 Å². The van der Waals surface area contributed by atoms with Crippen LogP contribution in [0.1, 0.15) is 18.2 Å². The average Bonchev–Trinajstić information content (AvgIpc) is 2.15. The number of likely N-dealkylation sites (N-methyl/N-ethyl adjacent to an activating group) is 1. The maximum absolute atomic E-state index is 4.33. The monoisotopic (exact) mass is 178 g/mol. The highest BCUT2D eigenvalue weighted by molar-refractivity contribution is 5.16. The van der Waals surface area contributed by atoms with E-state index in [0.29, 0.717) is 0 Å². The van der Waals surface area contributed by atoms with E-state index in [-0.39, 0.29) is 0 Å². The minimum atomic E-state index is 1.04. The third-order valence-electron chi connectivity index (χ3n) is 2.10. The number of aromatic nitrogens is 1. The highest BCUT2D eigenvalue weighted by Crippen LogP contribution is 2.03. The lowest BCUT2D eigenvalue weighted by Gasteiger charge is -2.08. The van der Waals surface area contributed by atoms with Crippen molar-refractivity contribution in [3.05, 3.63) is 29.6 Å². The van der Waals surface area contributed by atoms with Gasteiger partial charge in [0.05, 0.1) is 0 Å². The summed E-state index contributed by atoms with van der Waals surface area (Å²) < 4.78 is 0. The lowest BCUT2D eigenvalue weighted by atomic mass is 10.1. The molecule has 1 aromatic rings. The summed E-state index contributed by atoms with van der Waals surface area (Å²) in [6, 6.07) is 4.28. The Morgan fingerprint density at radius 2 is 2.15 bits per heavy atom. The molecule has 0 aliphatic rings. The second-order valence-corrected chi connectivity index (χ2v) is 3.56. The molecule has 0 atom stereocenters. The Morgan fingerprint density at radius 3 is 2.77 bits per heavy atom. The van der Waals surface area contributed by atoms with Gasteiger partial charge in [0.25, 0.3) is 0 Å². The topological polar surface area (TPSA) is 16.1 Å². The fraction of sp³-hybridized carbons (Fsp3) is 0.545. The Balaban J connectivity index is 2.56. The molecule has 1 aromatic heterocycles. The Kier molecular flexibility index (Phi) is 3.90. The lowest BCUT2D eigenvalue weighted by Crippen LogP contribution is -2.15. The second-order valence-electron chi connectivity index (χ2n) is 3.56. The van der Waals surface area contributed by atoms with Crippen LogP contribution in [0.2, 0.25) is 0 Å². The van der Waals surface area contributed by atoms with Gasteiger partial charge < -0.3 is 4.90 Å². The van der Waals surface area contributed by atoms with E-state index in [2.05, 4.69) is 43.0 Å². The number of nitrogens with zero attached hydrogens (tertiary/aromatic N) is 2. The number of aryl methyl sites for hydroxylation is 1. The summed E-state index contributed by atoms with van der Waals surface area (Å²) in [5.41, 5.74) is 2.58. The molecule has 2 nitrogen and oxygen atoms in total. The first kappa shape index (κ1) is 10.2. The molecule has 1 heterocycles. The van der Waals surface area contributed by atoms with Gasteiger partial charge in [-0.3, -0.25) is 4.98 Å². The standard InChI is InChI=1S/C11H18N2/c1-4-10-5-7-12-11(9-10)6-8-13(2)3/h5,7,9H,4,6,8H2,1-3H3. The highest BCUT2D eigenvalue weighted by Gasteiger charge is 1.97. The molecular formula is C11H18N2. The molecule has 1 rings (SSSR count). The van der Waals surface area contributed by atoms with Crippen molar-refractivity contribution in [3.8, 4) is 0 Å². The van der Waals surface area contributed by atoms with Crippen LogP contribution >= 0.6 is 0 Å². The molecule has 0 fully saturated rings. The average molecular weight is 178 g/mol. The van der Waals surface area contributed by atoms with Gasteiger partial charge in [-0.1, -0.05) is 6.92 Å². The van der Waals surface area contributed by atoms with Crippen molar-refractivity contribution in [2.45, 2.75) is 19.8 Å². The minimum absolute atomic E-state index is 1.04. The van der Waals surface area contributed by atoms with Crippen LogP contribution in [0.5, 0.6) is 0 Å². The van der Waals surface area contributed by atoms with E-state index in [0.717, 1.165) is 19.4 Å². The fourth-order valence-electron chi connectivity index (χ4n) is 1.22. The first-order chi connectivity index (χ1) is 6.22. The zero-order valence-electron chi connectivity index (χ0n) is 8.75. The second kappa shape index (κ2) is 4.97. The van der Waals surface area contributed by atoms with Crippen LogP contribution < -0.4 is 0 Å². The Morgan fingerprint density at radius 1 is 1.38 bits per heavy atom. The normalized spacial score (nSPS) is 10.8. The van der Waals surface area contributed by atoms with Crippen LogP contribution in [0.3, 0.4) is 0 Å². The number of hydrogen-bond acceptors (Lipinski definition) is 2. The van der Waals surface area contributed by atoms with E-state index < -0.39 is 0 Å². The molecule has 0 radical (unpaired) electrons. The molecule has 2 heteroatoms. The third-order valence-corrected chi connectivity index (χ3v) is 2.10. The van der Waals surface area contributed by atoms with Crippen molar-refractivity contribution in [3.63, 3.8) is 0 Å². The third kappa shape index (κ3) is 3.55. The van der Waals surface area contributed by atoms with Crippen molar-refractivity contribution in [1.29, 1.82) is 0 Å². The van der Waals surface area contributed by atoms with Gasteiger partial charge in [-0.15, -0.1) is 0 Å². The van der Waals surface area contributed by atoms with Gasteiger partial charge in [-0.25, -0.2) is 0 Å². The summed E-state index contributed by atoms with van der Waals surface area (Å²) in [7, 11) is 4.17. The van der Waals surface area contributed by atoms with Crippen molar-refractivity contribution in [2.24, 2.45) is 0 Å². The molecule has 0 bridgehead atoms. The fourth-order valence-corrected chi connectivity index (χ4v) is 1.22. The zero-order chi connectivity index (χ0) is 9.68. The molecule has 0 N–H and O–H groups in total. The molecule has 0 saturated carbocycles. The zero-order valence-corrected chi connectivity index (χ0v) is 8.75. The summed E-state index contributed by atoms with van der Waals surface area (Å²) in [6.45, 7) is 3.24. The summed E-state index contributed by atoms with van der Waals surface area (Å²) in [4.78, 5) is 6.51. The Labute approximate surface area is 80.6 Å². The molecular weight excluding hydrogens is 160 g/mol. The van der Waals surface area contributed by atoms with Crippen LogP contribution in [0.25, 0.3) is 0 Å². The van der Waals surface area contributed by atoms with E-state index in [1.807, 2.05) is 6.20 Å². The van der Waals surface area contributed by atoms with Gasteiger partial charge in [0.15, 0.2) is 0 Å². The summed E-state index contributed by atoms with van der Waals surface area (Å²) in [5, 5.41) is 0. The molecule has 0 spiro atoms. The van der Waals surface area contributed by atoms with Gasteiger partial charge in [0.2, 0.25) is 0 Å². The highest BCUT2D eigenvalue weighted by atomic mass is 15.0. The van der Waals surface area contributed by atoms with Gasteiger partial charge in [0.1, 0.15) is 0 Å². The quantitative estimate of drug-likeness (QED) is 0.698. The summed E-state index contributed by atoms with van der Waals surface area (Å²) >= 11 is 0. The molecule has 0 aliphatic heterocycles.